The van der Waals surface area contributed by atoms with Crippen molar-refractivity contribution in [1.29, 1.82) is 0 Å². The van der Waals surface area contributed by atoms with Crippen LogP contribution in [-0.2, 0) is 14.0 Å². The first-order valence-corrected chi connectivity index (χ1v) is 14.2. The Morgan fingerprint density at radius 1 is 0.853 bits per heavy atom. The Hall–Kier alpha value is -2.41. The SMILES string of the molecule is COCOc1ccc(/C(C(=O)O)=C(\CCO[Si](C(C)C)(C(C)C)C(C)C)c2ccccc2)cc1. The minimum absolute atomic E-state index is 0.140. The number of carbonyl (C=O) groups is 1. The monoisotopic (exact) mass is 484 g/mol. The van der Waals surface area contributed by atoms with Crippen LogP contribution in [-0.4, -0.2) is 39.9 Å². The molecule has 2 aromatic carbocycles. The molecule has 0 saturated heterocycles. The van der Waals surface area contributed by atoms with Crippen LogP contribution < -0.4 is 4.74 Å². The number of ether oxygens (including phenoxy) is 2. The van der Waals surface area contributed by atoms with Crippen molar-refractivity contribution in [2.45, 2.75) is 64.6 Å². The molecule has 0 spiro atoms. The van der Waals surface area contributed by atoms with E-state index in [2.05, 4.69) is 41.5 Å². The molecule has 0 aromatic heterocycles. The van der Waals surface area contributed by atoms with Gasteiger partial charge in [0.25, 0.3) is 0 Å². The van der Waals surface area contributed by atoms with Crippen molar-refractivity contribution >= 4 is 25.4 Å². The number of carboxylic acid groups (broad SMARTS) is 1. The Morgan fingerprint density at radius 3 is 1.88 bits per heavy atom. The smallest absolute Gasteiger partial charge is 0.336 e. The molecule has 0 aliphatic heterocycles. The van der Waals surface area contributed by atoms with E-state index in [1.54, 1.807) is 31.4 Å². The van der Waals surface area contributed by atoms with Crippen molar-refractivity contribution in [3.63, 3.8) is 0 Å². The van der Waals surface area contributed by atoms with Gasteiger partial charge in [-0.3, -0.25) is 0 Å². The highest BCUT2D eigenvalue weighted by molar-refractivity contribution is 6.77. The molecule has 186 valence electrons. The fourth-order valence-electron chi connectivity index (χ4n) is 5.15. The van der Waals surface area contributed by atoms with Gasteiger partial charge in [0.2, 0.25) is 0 Å². The molecule has 0 saturated carbocycles. The first-order valence-electron chi connectivity index (χ1n) is 12.0. The van der Waals surface area contributed by atoms with Gasteiger partial charge in [-0.05, 0) is 51.9 Å². The van der Waals surface area contributed by atoms with Crippen LogP contribution in [0.5, 0.6) is 5.75 Å². The van der Waals surface area contributed by atoms with Crippen molar-refractivity contribution < 1.29 is 23.8 Å². The van der Waals surface area contributed by atoms with Crippen LogP contribution >= 0.6 is 0 Å². The summed E-state index contributed by atoms with van der Waals surface area (Å²) in [5, 5.41) is 10.3. The molecule has 0 heterocycles. The molecule has 34 heavy (non-hydrogen) atoms. The molecule has 0 aliphatic rings. The Balaban J connectivity index is 2.47. The van der Waals surface area contributed by atoms with Crippen molar-refractivity contribution in [2.75, 3.05) is 20.5 Å². The molecule has 0 atom stereocenters. The van der Waals surface area contributed by atoms with Gasteiger partial charge in [-0.15, -0.1) is 0 Å². The number of methoxy groups -OCH3 is 1. The molecule has 5 nitrogen and oxygen atoms in total. The fraction of sp³-hybridized carbons (Fsp3) is 0.464. The first kappa shape index (κ1) is 27.8. The van der Waals surface area contributed by atoms with E-state index in [9.17, 15) is 9.90 Å². The second-order valence-electron chi connectivity index (χ2n) is 9.52. The third kappa shape index (κ3) is 6.59. The highest BCUT2D eigenvalue weighted by atomic mass is 28.4. The summed E-state index contributed by atoms with van der Waals surface area (Å²) >= 11 is 0. The Morgan fingerprint density at radius 2 is 1.41 bits per heavy atom. The van der Waals surface area contributed by atoms with Crippen LogP contribution in [0.1, 0.15) is 59.1 Å². The van der Waals surface area contributed by atoms with Gasteiger partial charge in [0.05, 0.1) is 5.57 Å². The lowest BCUT2D eigenvalue weighted by Gasteiger charge is -2.42. The summed E-state index contributed by atoms with van der Waals surface area (Å²) in [7, 11) is -0.497. The molecule has 2 rings (SSSR count). The van der Waals surface area contributed by atoms with E-state index in [4.69, 9.17) is 13.9 Å². The number of aliphatic carboxylic acids is 1. The van der Waals surface area contributed by atoms with Crippen molar-refractivity contribution in [3.05, 3.63) is 65.7 Å². The highest BCUT2D eigenvalue weighted by Gasteiger charge is 2.44. The largest absolute Gasteiger partial charge is 0.478 e. The average molecular weight is 485 g/mol. The van der Waals surface area contributed by atoms with Crippen LogP contribution in [0.25, 0.3) is 11.1 Å². The molecule has 2 aromatic rings. The maximum Gasteiger partial charge on any atom is 0.336 e. The van der Waals surface area contributed by atoms with Gasteiger partial charge in [0.15, 0.2) is 15.1 Å². The molecule has 0 amide bonds. The van der Waals surface area contributed by atoms with E-state index in [0.717, 1.165) is 11.1 Å². The predicted octanol–water partition coefficient (Wildman–Crippen LogP) is 7.25. The first-order chi connectivity index (χ1) is 16.1. The van der Waals surface area contributed by atoms with E-state index in [1.807, 2.05) is 30.3 Å². The molecule has 0 aliphatic carbocycles. The normalized spacial score (nSPS) is 12.9. The van der Waals surface area contributed by atoms with Crippen molar-refractivity contribution in [2.24, 2.45) is 0 Å². The molecule has 0 radical (unpaired) electrons. The zero-order valence-corrected chi connectivity index (χ0v) is 22.6. The van der Waals surface area contributed by atoms with Crippen LogP contribution in [0.15, 0.2) is 54.6 Å². The fourth-order valence-corrected chi connectivity index (χ4v) is 10.6. The summed E-state index contributed by atoms with van der Waals surface area (Å²) in [5.41, 5.74) is 4.00. The van der Waals surface area contributed by atoms with Gasteiger partial charge >= 0.3 is 5.97 Å². The van der Waals surface area contributed by atoms with Gasteiger partial charge in [0, 0.05) is 13.7 Å². The van der Waals surface area contributed by atoms with E-state index in [-0.39, 0.29) is 6.79 Å². The zero-order valence-electron chi connectivity index (χ0n) is 21.6. The minimum atomic E-state index is -2.06. The zero-order chi connectivity index (χ0) is 25.3. The van der Waals surface area contributed by atoms with Crippen molar-refractivity contribution in [3.8, 4) is 5.75 Å². The van der Waals surface area contributed by atoms with Gasteiger partial charge in [-0.25, -0.2) is 4.79 Å². The Labute approximate surface area is 205 Å². The molecular formula is C28H40O5Si. The number of benzene rings is 2. The second-order valence-corrected chi connectivity index (χ2v) is 15.0. The third-order valence-corrected chi connectivity index (χ3v) is 12.7. The molecule has 0 unspecified atom stereocenters. The molecule has 0 fully saturated rings. The van der Waals surface area contributed by atoms with E-state index >= 15 is 0 Å². The van der Waals surface area contributed by atoms with Crippen LogP contribution in [0.4, 0.5) is 0 Å². The average Bonchev–Trinajstić information content (AvgIpc) is 2.80. The van der Waals surface area contributed by atoms with Gasteiger partial charge in [-0.1, -0.05) is 84.0 Å². The maximum absolute atomic E-state index is 12.5. The molecule has 0 bridgehead atoms. The number of rotatable bonds is 13. The highest BCUT2D eigenvalue weighted by Crippen LogP contribution is 2.43. The van der Waals surface area contributed by atoms with Gasteiger partial charge in [-0.2, -0.15) is 0 Å². The van der Waals surface area contributed by atoms with Gasteiger partial charge < -0.3 is 19.0 Å². The Kier molecular flexibility index (Phi) is 10.5. The van der Waals surface area contributed by atoms with Crippen LogP contribution in [0, 0.1) is 0 Å². The van der Waals surface area contributed by atoms with E-state index in [0.29, 0.717) is 46.5 Å². The predicted molar refractivity (Wildman–Crippen MR) is 141 cm³/mol. The second kappa shape index (κ2) is 12.9. The topological polar surface area (TPSA) is 65.0 Å². The minimum Gasteiger partial charge on any atom is -0.478 e. The standard InChI is InChI=1S/C28H40O5Si/c1-20(2)34(21(3)4,22(5)6)33-18-17-26(23-11-9-8-10-12-23)27(28(29)30)24-13-15-25(16-14-24)32-19-31-7/h8-16,20-22H,17-19H2,1-7H3,(H,29,30)/b27-26-. The van der Waals surface area contributed by atoms with Crippen LogP contribution in [0.3, 0.4) is 0 Å². The number of carboxylic acids is 1. The quantitative estimate of drug-likeness (QED) is 0.140. The number of hydrogen-bond donors (Lipinski definition) is 1. The lowest BCUT2D eigenvalue weighted by Crippen LogP contribution is -2.48. The van der Waals surface area contributed by atoms with E-state index < -0.39 is 14.3 Å². The Bertz CT molecular complexity index is 911. The third-order valence-electron chi connectivity index (χ3n) is 6.54. The summed E-state index contributed by atoms with van der Waals surface area (Å²) in [5.74, 6) is -0.328. The summed E-state index contributed by atoms with van der Waals surface area (Å²) in [6, 6.07) is 16.9. The summed E-state index contributed by atoms with van der Waals surface area (Å²) in [6.07, 6.45) is 0.522. The number of hydrogen-bond acceptors (Lipinski definition) is 4. The van der Waals surface area contributed by atoms with Crippen LogP contribution in [0.2, 0.25) is 16.6 Å². The lowest BCUT2D eigenvalue weighted by molar-refractivity contribution is -0.130. The summed E-state index contributed by atoms with van der Waals surface area (Å²) in [6.45, 7) is 14.2. The maximum atomic E-state index is 12.5. The molecule has 6 heteroatoms. The molecular weight excluding hydrogens is 444 g/mol. The summed E-state index contributed by atoms with van der Waals surface area (Å²) < 4.78 is 17.2. The summed E-state index contributed by atoms with van der Waals surface area (Å²) in [4.78, 5) is 12.5. The van der Waals surface area contributed by atoms with Crippen molar-refractivity contribution in [1.82, 2.24) is 0 Å². The molecule has 1 N–H and O–H groups in total. The van der Waals surface area contributed by atoms with Gasteiger partial charge in [0.1, 0.15) is 5.75 Å². The lowest BCUT2D eigenvalue weighted by atomic mass is 9.92. The van der Waals surface area contributed by atoms with E-state index in [1.165, 1.54) is 0 Å².